The smallest absolute Gasteiger partial charge is 0.0924 e. The summed E-state index contributed by atoms with van der Waals surface area (Å²) in [6.45, 7) is 3.28. The molecule has 1 saturated carbocycles. The Labute approximate surface area is 54.8 Å². The summed E-state index contributed by atoms with van der Waals surface area (Å²) in [6.07, 6.45) is 2.13. The van der Waals surface area contributed by atoms with Crippen molar-refractivity contribution in [2.75, 3.05) is 13.2 Å². The van der Waals surface area contributed by atoms with Crippen molar-refractivity contribution in [2.24, 2.45) is 5.41 Å². The van der Waals surface area contributed by atoms with E-state index < -0.39 is 0 Å². The molecule has 2 heterocycles. The van der Waals surface area contributed by atoms with Gasteiger partial charge in [0, 0.05) is 0 Å². The first kappa shape index (κ1) is 5.69. The largest absolute Gasteiger partial charge is 0.393 e. The maximum atomic E-state index is 8.85. The molecule has 3 aliphatic rings. The second kappa shape index (κ2) is 1.32. The quantitative estimate of drug-likeness (QED) is 0.558. The van der Waals surface area contributed by atoms with Crippen molar-refractivity contribution >= 4 is 0 Å². The maximum Gasteiger partial charge on any atom is 0.0924 e. The zero-order valence-electron chi connectivity index (χ0n) is 5.68. The lowest BCUT2D eigenvalue weighted by atomic mass is 9.64. The van der Waals surface area contributed by atoms with Gasteiger partial charge in [-0.25, -0.2) is 0 Å². The fraction of sp³-hybridized carbons (Fsp3) is 1.00. The molecule has 3 rings (SSSR count). The first-order valence-electron chi connectivity index (χ1n) is 3.43. The van der Waals surface area contributed by atoms with Crippen LogP contribution in [0.15, 0.2) is 0 Å². The lowest BCUT2D eigenvalue weighted by molar-refractivity contribution is -0.0552. The van der Waals surface area contributed by atoms with Gasteiger partial charge in [-0.15, -0.1) is 0 Å². The van der Waals surface area contributed by atoms with E-state index in [1.165, 1.54) is 0 Å². The molecule has 0 unspecified atom stereocenters. The van der Waals surface area contributed by atoms with E-state index in [-0.39, 0.29) is 12.2 Å². The van der Waals surface area contributed by atoms with Gasteiger partial charge in [0.15, 0.2) is 0 Å². The van der Waals surface area contributed by atoms with Gasteiger partial charge in [0.2, 0.25) is 0 Å². The van der Waals surface area contributed by atoms with Gasteiger partial charge in [0.25, 0.3) is 0 Å². The molecular weight excluding hydrogens is 116 g/mol. The number of hydrogen-bond acceptors (Lipinski definition) is 2. The number of hydrogen-bond donors (Lipinski definition) is 1. The minimum Gasteiger partial charge on any atom is -0.393 e. The minimum absolute atomic E-state index is 0.102. The predicted molar refractivity (Wildman–Crippen MR) is 33.1 cm³/mol. The molecule has 0 spiro atoms. The lowest BCUT2D eigenvalue weighted by Gasteiger charge is -2.40. The van der Waals surface area contributed by atoms with Crippen LogP contribution in [0.4, 0.5) is 0 Å². The zero-order valence-corrected chi connectivity index (χ0v) is 5.68. The van der Waals surface area contributed by atoms with Crippen molar-refractivity contribution in [3.8, 4) is 0 Å². The van der Waals surface area contributed by atoms with E-state index in [0.29, 0.717) is 5.41 Å². The van der Waals surface area contributed by atoms with Crippen molar-refractivity contribution in [2.45, 2.75) is 25.4 Å². The molecule has 52 valence electrons. The highest BCUT2D eigenvalue weighted by atomic mass is 16.5. The fourth-order valence-electron chi connectivity index (χ4n) is 2.19. The van der Waals surface area contributed by atoms with Crippen LogP contribution in [0.1, 0.15) is 19.8 Å². The molecule has 0 aromatic carbocycles. The Hall–Kier alpha value is -0.0800. The van der Waals surface area contributed by atoms with Crippen LogP contribution >= 0.6 is 0 Å². The Balaban J connectivity index is 2.12. The Bertz CT molecular complexity index is 136. The van der Waals surface area contributed by atoms with Gasteiger partial charge >= 0.3 is 0 Å². The Morgan fingerprint density at radius 2 is 2.22 bits per heavy atom. The van der Waals surface area contributed by atoms with Gasteiger partial charge in [-0.2, -0.15) is 0 Å². The summed E-state index contributed by atoms with van der Waals surface area (Å²) in [5, 5.41) is 8.85. The van der Waals surface area contributed by atoms with Crippen LogP contribution in [0, 0.1) is 5.41 Å². The van der Waals surface area contributed by atoms with Gasteiger partial charge in [0.05, 0.1) is 18.8 Å². The highest BCUT2D eigenvalue weighted by molar-refractivity contribution is 5.08. The predicted octanol–water partition coefficient (Wildman–Crippen LogP) is 0.548. The Morgan fingerprint density at radius 3 is 2.44 bits per heavy atom. The van der Waals surface area contributed by atoms with Gasteiger partial charge in [0.1, 0.15) is 0 Å². The van der Waals surface area contributed by atoms with Crippen molar-refractivity contribution in [3.63, 3.8) is 0 Å². The van der Waals surface area contributed by atoms with Crippen molar-refractivity contribution in [3.05, 3.63) is 0 Å². The van der Waals surface area contributed by atoms with Gasteiger partial charge in [-0.05, 0) is 18.3 Å². The van der Waals surface area contributed by atoms with Crippen LogP contribution in [0.2, 0.25) is 0 Å². The van der Waals surface area contributed by atoms with E-state index in [1.54, 1.807) is 0 Å². The number of rotatable bonds is 1. The topological polar surface area (TPSA) is 29.5 Å². The molecule has 0 atom stereocenters. The van der Waals surface area contributed by atoms with E-state index >= 15 is 0 Å². The summed E-state index contributed by atoms with van der Waals surface area (Å²) < 4.78 is 5.42. The van der Waals surface area contributed by atoms with E-state index in [2.05, 4.69) is 6.92 Å². The van der Waals surface area contributed by atoms with E-state index in [9.17, 15) is 0 Å². The molecule has 1 N–H and O–H groups in total. The van der Waals surface area contributed by atoms with E-state index in [0.717, 1.165) is 19.4 Å². The second-order valence-corrected chi connectivity index (χ2v) is 3.79. The highest BCUT2D eigenvalue weighted by Crippen LogP contribution is 2.56. The SMILES string of the molecule is CC12COC(CO)(C1)C2. The molecule has 2 nitrogen and oxygen atoms in total. The van der Waals surface area contributed by atoms with Crippen molar-refractivity contribution in [1.82, 2.24) is 0 Å². The number of fused-ring (bicyclic) bond motifs is 1. The zero-order chi connectivity index (χ0) is 6.54. The maximum absolute atomic E-state index is 8.85. The molecule has 0 aromatic heterocycles. The van der Waals surface area contributed by atoms with Crippen LogP contribution in [0.25, 0.3) is 0 Å². The Morgan fingerprint density at radius 1 is 1.56 bits per heavy atom. The monoisotopic (exact) mass is 128 g/mol. The molecule has 2 bridgehead atoms. The number of ether oxygens (including phenoxy) is 1. The molecular formula is C7H12O2. The molecule has 0 aromatic rings. The molecule has 1 aliphatic carbocycles. The molecule has 2 aliphatic heterocycles. The molecule has 0 amide bonds. The average molecular weight is 128 g/mol. The van der Waals surface area contributed by atoms with Gasteiger partial charge in [-0.3, -0.25) is 0 Å². The summed E-state index contributed by atoms with van der Waals surface area (Å²) in [6, 6.07) is 0. The fourth-order valence-corrected chi connectivity index (χ4v) is 2.19. The molecule has 0 radical (unpaired) electrons. The molecule has 2 heteroatoms. The van der Waals surface area contributed by atoms with Crippen LogP contribution < -0.4 is 0 Å². The van der Waals surface area contributed by atoms with Crippen molar-refractivity contribution in [1.29, 1.82) is 0 Å². The van der Waals surface area contributed by atoms with E-state index in [1.807, 2.05) is 0 Å². The van der Waals surface area contributed by atoms with Gasteiger partial charge in [-0.1, -0.05) is 6.92 Å². The third kappa shape index (κ3) is 0.578. The first-order chi connectivity index (χ1) is 4.18. The normalized spacial score (nSPS) is 55.3. The van der Waals surface area contributed by atoms with Crippen LogP contribution in [0.5, 0.6) is 0 Å². The third-order valence-corrected chi connectivity index (χ3v) is 2.51. The lowest BCUT2D eigenvalue weighted by Crippen LogP contribution is -2.45. The number of aliphatic hydroxyl groups is 1. The summed E-state index contributed by atoms with van der Waals surface area (Å²) in [7, 11) is 0. The van der Waals surface area contributed by atoms with Gasteiger partial charge < -0.3 is 9.84 Å². The van der Waals surface area contributed by atoms with Crippen LogP contribution in [0.3, 0.4) is 0 Å². The summed E-state index contributed by atoms with van der Waals surface area (Å²) >= 11 is 0. The van der Waals surface area contributed by atoms with Crippen LogP contribution in [-0.2, 0) is 4.74 Å². The summed E-state index contributed by atoms with van der Waals surface area (Å²) in [5.41, 5.74) is 0.317. The summed E-state index contributed by atoms with van der Waals surface area (Å²) in [4.78, 5) is 0. The highest BCUT2D eigenvalue weighted by Gasteiger charge is 2.59. The first-order valence-corrected chi connectivity index (χ1v) is 3.43. The third-order valence-electron chi connectivity index (χ3n) is 2.51. The second-order valence-electron chi connectivity index (χ2n) is 3.79. The summed E-state index contributed by atoms with van der Waals surface area (Å²) in [5.74, 6) is 0. The molecule has 3 fully saturated rings. The van der Waals surface area contributed by atoms with Crippen LogP contribution in [-0.4, -0.2) is 23.9 Å². The average Bonchev–Trinajstić information content (AvgIpc) is 2.20. The standard InChI is InChI=1S/C7H12O2/c1-6-2-7(3-6,4-8)9-5-6/h8H,2-5H2,1H3. The molecule has 9 heavy (non-hydrogen) atoms. The Kier molecular flexibility index (Phi) is 0.837. The minimum atomic E-state index is -0.102. The van der Waals surface area contributed by atoms with Crippen molar-refractivity contribution < 1.29 is 9.84 Å². The molecule has 2 saturated heterocycles. The van der Waals surface area contributed by atoms with E-state index in [4.69, 9.17) is 9.84 Å². The number of aliphatic hydroxyl groups excluding tert-OH is 1.